The molecule has 5 nitrogen and oxygen atoms in total. The highest BCUT2D eigenvalue weighted by atomic mass is 16.6. The van der Waals surface area contributed by atoms with Crippen molar-refractivity contribution in [3.05, 3.63) is 83.4 Å². The quantitative estimate of drug-likeness (QED) is 0.416. The highest BCUT2D eigenvalue weighted by Gasteiger charge is 2.19. The van der Waals surface area contributed by atoms with E-state index in [4.69, 9.17) is 0 Å². The van der Waals surface area contributed by atoms with Crippen molar-refractivity contribution in [1.29, 1.82) is 0 Å². The molecule has 0 atom stereocenters. The van der Waals surface area contributed by atoms with E-state index in [9.17, 15) is 10.1 Å². The molecule has 0 saturated heterocycles. The van der Waals surface area contributed by atoms with Crippen LogP contribution in [0.4, 0.5) is 5.69 Å². The molecule has 0 bridgehead atoms. The van der Waals surface area contributed by atoms with Crippen molar-refractivity contribution < 1.29 is 9.49 Å². The van der Waals surface area contributed by atoms with Crippen LogP contribution in [0.5, 0.6) is 0 Å². The Hall–Kier alpha value is -2.95. The van der Waals surface area contributed by atoms with Crippen molar-refractivity contribution in [2.45, 2.75) is 0 Å². The van der Waals surface area contributed by atoms with Gasteiger partial charge in [-0.05, 0) is 18.2 Å². The van der Waals surface area contributed by atoms with E-state index in [0.717, 1.165) is 5.69 Å². The van der Waals surface area contributed by atoms with Gasteiger partial charge in [0.2, 0.25) is 5.69 Å². The van der Waals surface area contributed by atoms with Gasteiger partial charge in [0.1, 0.15) is 18.1 Å². The lowest BCUT2D eigenvalue weighted by Gasteiger charge is -1.97. The minimum absolute atomic E-state index is 0.0864. The second-order valence-electron chi connectivity index (χ2n) is 4.31. The summed E-state index contributed by atoms with van der Waals surface area (Å²) in [6.45, 7) is 0. The maximum atomic E-state index is 11.1. The third-order valence-corrected chi connectivity index (χ3v) is 3.05. The Labute approximate surface area is 115 Å². The molecule has 0 unspecified atom stereocenters. The Balaban J connectivity index is 2.05. The van der Waals surface area contributed by atoms with Crippen LogP contribution in [-0.4, -0.2) is 9.49 Å². The highest BCUT2D eigenvalue weighted by Crippen LogP contribution is 2.17. The summed E-state index contributed by atoms with van der Waals surface area (Å²) in [5.41, 5.74) is 1.64. The Kier molecular flexibility index (Phi) is 3.01. The molecule has 3 aromatic rings. The zero-order chi connectivity index (χ0) is 13.9. The van der Waals surface area contributed by atoms with Crippen molar-refractivity contribution in [2.75, 3.05) is 0 Å². The van der Waals surface area contributed by atoms with Crippen molar-refractivity contribution in [3.63, 3.8) is 0 Å². The summed E-state index contributed by atoms with van der Waals surface area (Å²) >= 11 is 0. The standard InChI is InChI=1S/C15H12N3O2/c19-18(20)15-9-5-4-8-14(15)17-11-10-16(12-17)13-6-2-1-3-7-13/h1-12H/q+1. The fourth-order valence-corrected chi connectivity index (χ4v) is 2.09. The largest absolute Gasteiger partial charge is 0.316 e. The molecule has 2 aromatic carbocycles. The first-order chi connectivity index (χ1) is 9.75. The van der Waals surface area contributed by atoms with Gasteiger partial charge in [-0.1, -0.05) is 30.3 Å². The molecule has 0 aliphatic heterocycles. The average Bonchev–Trinajstić information content (AvgIpc) is 2.98. The summed E-state index contributed by atoms with van der Waals surface area (Å²) in [5, 5.41) is 11.1. The Morgan fingerprint density at radius 3 is 2.45 bits per heavy atom. The molecule has 0 saturated carbocycles. The van der Waals surface area contributed by atoms with Crippen LogP contribution in [0.1, 0.15) is 0 Å². The third-order valence-electron chi connectivity index (χ3n) is 3.05. The van der Waals surface area contributed by atoms with Crippen LogP contribution in [0.25, 0.3) is 11.4 Å². The number of aromatic nitrogens is 2. The Morgan fingerprint density at radius 1 is 1.00 bits per heavy atom. The second kappa shape index (κ2) is 4.97. The minimum atomic E-state index is -0.373. The zero-order valence-electron chi connectivity index (χ0n) is 10.6. The van der Waals surface area contributed by atoms with Crippen LogP contribution in [0, 0.1) is 10.1 Å². The van der Waals surface area contributed by atoms with Gasteiger partial charge in [0, 0.05) is 6.07 Å². The smallest absolute Gasteiger partial charge is 0.258 e. The second-order valence-corrected chi connectivity index (χ2v) is 4.31. The summed E-state index contributed by atoms with van der Waals surface area (Å²) in [6.07, 6.45) is 5.49. The number of rotatable bonds is 3. The predicted molar refractivity (Wildman–Crippen MR) is 74.0 cm³/mol. The van der Waals surface area contributed by atoms with Gasteiger partial charge >= 0.3 is 5.69 Å². The first kappa shape index (κ1) is 12.1. The van der Waals surface area contributed by atoms with Gasteiger partial charge < -0.3 is 0 Å². The summed E-state index contributed by atoms with van der Waals surface area (Å²) in [4.78, 5) is 10.7. The van der Waals surface area contributed by atoms with Gasteiger partial charge in [0.15, 0.2) is 0 Å². The van der Waals surface area contributed by atoms with Gasteiger partial charge in [0.05, 0.1) is 4.92 Å². The molecule has 1 aromatic heterocycles. The molecule has 0 aliphatic carbocycles. The molecule has 0 fully saturated rings. The van der Waals surface area contributed by atoms with Crippen molar-refractivity contribution in [2.24, 2.45) is 0 Å². The molecular formula is C15H12N3O2+. The van der Waals surface area contributed by atoms with Gasteiger partial charge in [-0.2, -0.15) is 4.57 Å². The van der Waals surface area contributed by atoms with E-state index in [2.05, 4.69) is 0 Å². The van der Waals surface area contributed by atoms with Crippen LogP contribution < -0.4 is 4.57 Å². The Morgan fingerprint density at radius 2 is 1.70 bits per heavy atom. The number of benzene rings is 2. The van der Waals surface area contributed by atoms with E-state index in [1.54, 1.807) is 29.0 Å². The van der Waals surface area contributed by atoms with E-state index >= 15 is 0 Å². The van der Waals surface area contributed by atoms with E-state index in [1.165, 1.54) is 6.07 Å². The summed E-state index contributed by atoms with van der Waals surface area (Å²) < 4.78 is 3.65. The Bertz CT molecular complexity index is 751. The summed E-state index contributed by atoms with van der Waals surface area (Å²) in [5.74, 6) is 0. The van der Waals surface area contributed by atoms with E-state index in [1.807, 2.05) is 47.4 Å². The molecule has 5 heteroatoms. The molecule has 0 radical (unpaired) electrons. The molecule has 0 N–H and O–H groups in total. The van der Waals surface area contributed by atoms with Gasteiger partial charge in [-0.3, -0.25) is 10.1 Å². The van der Waals surface area contributed by atoms with E-state index in [-0.39, 0.29) is 10.6 Å². The molecular weight excluding hydrogens is 254 g/mol. The predicted octanol–water partition coefficient (Wildman–Crippen LogP) is 2.66. The van der Waals surface area contributed by atoms with Crippen molar-refractivity contribution in [1.82, 2.24) is 4.57 Å². The summed E-state index contributed by atoms with van der Waals surface area (Å²) in [7, 11) is 0. The average molecular weight is 266 g/mol. The van der Waals surface area contributed by atoms with Crippen LogP contribution in [0.3, 0.4) is 0 Å². The SMILES string of the molecule is O=[N+]([O-])c1ccccc1-[n+]1ccn(-c2ccccc2)c1. The lowest BCUT2D eigenvalue weighted by molar-refractivity contribution is -0.599. The maximum Gasteiger partial charge on any atom is 0.316 e. The monoisotopic (exact) mass is 266 g/mol. The molecule has 0 amide bonds. The lowest BCUT2D eigenvalue weighted by Crippen LogP contribution is -2.28. The number of nitro benzene ring substituents is 1. The third kappa shape index (κ3) is 2.16. The van der Waals surface area contributed by atoms with Crippen molar-refractivity contribution in [3.8, 4) is 11.4 Å². The van der Waals surface area contributed by atoms with Gasteiger partial charge in [-0.15, -0.1) is 0 Å². The highest BCUT2D eigenvalue weighted by molar-refractivity contribution is 5.46. The number of nitrogens with zero attached hydrogens (tertiary/aromatic N) is 3. The molecule has 3 rings (SSSR count). The maximum absolute atomic E-state index is 11.1. The molecule has 98 valence electrons. The van der Waals surface area contributed by atoms with Gasteiger partial charge in [-0.25, -0.2) is 4.57 Å². The normalized spacial score (nSPS) is 10.4. The topological polar surface area (TPSA) is 52.0 Å². The fourth-order valence-electron chi connectivity index (χ4n) is 2.09. The first-order valence-corrected chi connectivity index (χ1v) is 6.14. The van der Waals surface area contributed by atoms with Crippen LogP contribution in [0.2, 0.25) is 0 Å². The van der Waals surface area contributed by atoms with Crippen LogP contribution >= 0.6 is 0 Å². The molecule has 20 heavy (non-hydrogen) atoms. The number of hydrogen-bond acceptors (Lipinski definition) is 2. The first-order valence-electron chi connectivity index (χ1n) is 6.14. The van der Waals surface area contributed by atoms with Crippen molar-refractivity contribution >= 4 is 5.69 Å². The van der Waals surface area contributed by atoms with E-state index in [0.29, 0.717) is 5.69 Å². The zero-order valence-corrected chi connectivity index (χ0v) is 10.6. The fraction of sp³-hybridized carbons (Fsp3) is 0. The minimum Gasteiger partial charge on any atom is -0.258 e. The van der Waals surface area contributed by atoms with E-state index < -0.39 is 0 Å². The number of hydrogen-bond donors (Lipinski definition) is 0. The molecule has 1 heterocycles. The van der Waals surface area contributed by atoms with Gasteiger partial charge in [0.25, 0.3) is 6.33 Å². The molecule has 0 spiro atoms. The molecule has 0 aliphatic rings. The number of imidazole rings is 1. The number of nitro groups is 1. The number of para-hydroxylation sites is 3. The van der Waals surface area contributed by atoms with Crippen LogP contribution in [-0.2, 0) is 0 Å². The summed E-state index contributed by atoms with van der Waals surface area (Å²) in [6, 6.07) is 16.5. The van der Waals surface area contributed by atoms with Crippen LogP contribution in [0.15, 0.2) is 73.3 Å². The lowest BCUT2D eigenvalue weighted by atomic mass is 10.2.